The lowest BCUT2D eigenvalue weighted by Gasteiger charge is -2.21. The first kappa shape index (κ1) is 12.8. The highest BCUT2D eigenvalue weighted by molar-refractivity contribution is 5.74. The Kier molecular flexibility index (Phi) is 3.78. The molecule has 1 aromatic rings. The minimum Gasteiger partial charge on any atom is -0.393 e. The molecule has 2 heterocycles. The van der Waals surface area contributed by atoms with Crippen molar-refractivity contribution in [3.8, 4) is 0 Å². The second-order valence-corrected chi connectivity index (χ2v) is 4.57. The Morgan fingerprint density at radius 3 is 2.83 bits per heavy atom. The standard InChI is InChI=1S/C12H17N3O3/c16-9-12(18)3-6-15(8-12)11(17)14-7-10-1-4-13-5-2-10/h1-2,4-5,16,18H,3,6-9H2,(H,14,17). The zero-order chi connectivity index (χ0) is 13.0. The summed E-state index contributed by atoms with van der Waals surface area (Å²) in [5.74, 6) is 0. The highest BCUT2D eigenvalue weighted by Crippen LogP contribution is 2.20. The Hall–Kier alpha value is -1.66. The highest BCUT2D eigenvalue weighted by Gasteiger charge is 2.37. The summed E-state index contributed by atoms with van der Waals surface area (Å²) in [5, 5.41) is 21.6. The number of rotatable bonds is 3. The zero-order valence-electron chi connectivity index (χ0n) is 10.0. The molecule has 1 saturated heterocycles. The number of carbonyl (C=O) groups excluding carboxylic acids is 1. The van der Waals surface area contributed by atoms with Crippen LogP contribution < -0.4 is 5.32 Å². The summed E-state index contributed by atoms with van der Waals surface area (Å²) in [4.78, 5) is 17.2. The number of nitrogens with zero attached hydrogens (tertiary/aromatic N) is 2. The van der Waals surface area contributed by atoms with Gasteiger partial charge in [0, 0.05) is 25.5 Å². The number of pyridine rings is 1. The molecule has 0 radical (unpaired) electrons. The molecule has 6 heteroatoms. The minimum atomic E-state index is -1.14. The quantitative estimate of drug-likeness (QED) is 0.689. The largest absolute Gasteiger partial charge is 0.393 e. The van der Waals surface area contributed by atoms with Crippen molar-refractivity contribution in [3.63, 3.8) is 0 Å². The van der Waals surface area contributed by atoms with Crippen molar-refractivity contribution in [1.29, 1.82) is 0 Å². The lowest BCUT2D eigenvalue weighted by molar-refractivity contribution is -0.00280. The Labute approximate surface area is 105 Å². The summed E-state index contributed by atoms with van der Waals surface area (Å²) in [6.45, 7) is 0.738. The first-order chi connectivity index (χ1) is 8.63. The molecule has 98 valence electrons. The van der Waals surface area contributed by atoms with Gasteiger partial charge in [-0.25, -0.2) is 4.79 Å². The number of carbonyl (C=O) groups is 1. The van der Waals surface area contributed by atoms with Crippen LogP contribution in [0.5, 0.6) is 0 Å². The molecule has 2 amide bonds. The zero-order valence-corrected chi connectivity index (χ0v) is 10.0. The summed E-state index contributed by atoms with van der Waals surface area (Å²) in [6.07, 6.45) is 3.75. The van der Waals surface area contributed by atoms with Crippen molar-refractivity contribution in [2.24, 2.45) is 0 Å². The Morgan fingerprint density at radius 2 is 2.22 bits per heavy atom. The van der Waals surface area contributed by atoms with Gasteiger partial charge in [0.25, 0.3) is 0 Å². The molecule has 1 aliphatic rings. The van der Waals surface area contributed by atoms with Crippen LogP contribution in [0.1, 0.15) is 12.0 Å². The molecule has 1 aromatic heterocycles. The number of hydrogen-bond acceptors (Lipinski definition) is 4. The molecule has 0 bridgehead atoms. The SMILES string of the molecule is O=C(NCc1ccncc1)N1CCC(O)(CO)C1. The molecule has 18 heavy (non-hydrogen) atoms. The van der Waals surface area contributed by atoms with E-state index in [9.17, 15) is 9.90 Å². The smallest absolute Gasteiger partial charge is 0.317 e. The summed E-state index contributed by atoms with van der Waals surface area (Å²) < 4.78 is 0. The van der Waals surface area contributed by atoms with Gasteiger partial charge >= 0.3 is 6.03 Å². The Balaban J connectivity index is 1.83. The van der Waals surface area contributed by atoms with Gasteiger partial charge in [0.1, 0.15) is 5.60 Å². The van der Waals surface area contributed by atoms with Crippen molar-refractivity contribution >= 4 is 6.03 Å². The van der Waals surface area contributed by atoms with Gasteiger partial charge in [-0.2, -0.15) is 0 Å². The normalized spacial score (nSPS) is 23.1. The molecule has 0 aliphatic carbocycles. The van der Waals surface area contributed by atoms with Crippen molar-refractivity contribution in [3.05, 3.63) is 30.1 Å². The maximum atomic E-state index is 11.8. The van der Waals surface area contributed by atoms with Gasteiger partial charge in [-0.3, -0.25) is 4.98 Å². The van der Waals surface area contributed by atoms with Crippen molar-refractivity contribution in [2.75, 3.05) is 19.7 Å². The van der Waals surface area contributed by atoms with Gasteiger partial charge < -0.3 is 20.4 Å². The molecule has 2 rings (SSSR count). The molecular formula is C12H17N3O3. The number of aliphatic hydroxyl groups is 2. The lowest BCUT2D eigenvalue weighted by atomic mass is 10.1. The number of nitrogens with one attached hydrogen (secondary N) is 1. The summed E-state index contributed by atoms with van der Waals surface area (Å²) >= 11 is 0. The topological polar surface area (TPSA) is 85.7 Å². The molecule has 6 nitrogen and oxygen atoms in total. The molecule has 1 unspecified atom stereocenters. The fraction of sp³-hybridized carbons (Fsp3) is 0.500. The predicted molar refractivity (Wildman–Crippen MR) is 64.7 cm³/mol. The lowest BCUT2D eigenvalue weighted by Crippen LogP contribution is -2.42. The molecular weight excluding hydrogens is 234 g/mol. The molecule has 3 N–H and O–H groups in total. The van der Waals surface area contributed by atoms with Crippen LogP contribution in [0.25, 0.3) is 0 Å². The van der Waals surface area contributed by atoms with E-state index in [2.05, 4.69) is 10.3 Å². The van der Waals surface area contributed by atoms with Crippen molar-refractivity contribution < 1.29 is 15.0 Å². The monoisotopic (exact) mass is 251 g/mol. The fourth-order valence-electron chi connectivity index (χ4n) is 1.95. The van der Waals surface area contributed by atoms with Crippen LogP contribution in [-0.4, -0.2) is 51.4 Å². The molecule has 1 aliphatic heterocycles. The maximum Gasteiger partial charge on any atom is 0.317 e. The number of aliphatic hydroxyl groups excluding tert-OH is 1. The van der Waals surface area contributed by atoms with E-state index in [4.69, 9.17) is 5.11 Å². The van der Waals surface area contributed by atoms with E-state index in [1.165, 1.54) is 4.90 Å². The third kappa shape index (κ3) is 2.96. The van der Waals surface area contributed by atoms with E-state index in [1.807, 2.05) is 12.1 Å². The number of urea groups is 1. The van der Waals surface area contributed by atoms with E-state index in [0.29, 0.717) is 19.5 Å². The van der Waals surface area contributed by atoms with Crippen LogP contribution in [0.15, 0.2) is 24.5 Å². The van der Waals surface area contributed by atoms with Crippen LogP contribution >= 0.6 is 0 Å². The first-order valence-corrected chi connectivity index (χ1v) is 5.88. The molecule has 0 aromatic carbocycles. The van der Waals surface area contributed by atoms with E-state index in [0.717, 1.165) is 5.56 Å². The minimum absolute atomic E-state index is 0.172. The predicted octanol–water partition coefficient (Wildman–Crippen LogP) is -0.280. The van der Waals surface area contributed by atoms with Crippen molar-refractivity contribution in [2.45, 2.75) is 18.6 Å². The average molecular weight is 251 g/mol. The number of β-amino-alcohol motifs (C(OH)–C–C–N with tert-alkyl or cyclic N) is 1. The number of aromatic nitrogens is 1. The second-order valence-electron chi connectivity index (χ2n) is 4.57. The third-order valence-corrected chi connectivity index (χ3v) is 3.11. The summed E-state index contributed by atoms with van der Waals surface area (Å²) in [6, 6.07) is 3.43. The van der Waals surface area contributed by atoms with Gasteiger partial charge in [0.05, 0.1) is 13.2 Å². The maximum absolute atomic E-state index is 11.8. The van der Waals surface area contributed by atoms with Gasteiger partial charge in [-0.15, -0.1) is 0 Å². The van der Waals surface area contributed by atoms with Gasteiger partial charge in [0.2, 0.25) is 0 Å². The van der Waals surface area contributed by atoms with Crippen LogP contribution in [0.3, 0.4) is 0 Å². The van der Waals surface area contributed by atoms with Crippen LogP contribution in [0, 0.1) is 0 Å². The average Bonchev–Trinajstić information content (AvgIpc) is 2.81. The fourth-order valence-corrected chi connectivity index (χ4v) is 1.95. The van der Waals surface area contributed by atoms with Crippen molar-refractivity contribution in [1.82, 2.24) is 15.2 Å². The third-order valence-electron chi connectivity index (χ3n) is 3.11. The highest BCUT2D eigenvalue weighted by atomic mass is 16.3. The summed E-state index contributed by atoms with van der Waals surface area (Å²) in [7, 11) is 0. The van der Waals surface area contributed by atoms with Crippen LogP contribution in [-0.2, 0) is 6.54 Å². The van der Waals surface area contributed by atoms with E-state index >= 15 is 0 Å². The molecule has 1 atom stereocenters. The summed E-state index contributed by atoms with van der Waals surface area (Å²) in [5.41, 5.74) is -0.177. The van der Waals surface area contributed by atoms with Gasteiger partial charge in [-0.1, -0.05) is 0 Å². The van der Waals surface area contributed by atoms with Gasteiger partial charge in [0.15, 0.2) is 0 Å². The van der Waals surface area contributed by atoms with E-state index in [-0.39, 0.29) is 19.2 Å². The molecule has 0 spiro atoms. The van der Waals surface area contributed by atoms with E-state index < -0.39 is 5.60 Å². The molecule has 1 fully saturated rings. The molecule has 0 saturated carbocycles. The van der Waals surface area contributed by atoms with Crippen LogP contribution in [0.2, 0.25) is 0 Å². The van der Waals surface area contributed by atoms with E-state index in [1.54, 1.807) is 12.4 Å². The number of likely N-dealkylation sites (tertiary alicyclic amines) is 1. The number of amides is 2. The Morgan fingerprint density at radius 1 is 1.50 bits per heavy atom. The van der Waals surface area contributed by atoms with Gasteiger partial charge in [-0.05, 0) is 24.1 Å². The second kappa shape index (κ2) is 5.32. The first-order valence-electron chi connectivity index (χ1n) is 5.88. The van der Waals surface area contributed by atoms with Crippen LogP contribution in [0.4, 0.5) is 4.79 Å². The Bertz CT molecular complexity index is 412. The number of hydrogen-bond donors (Lipinski definition) is 3.